The fraction of sp³-hybridized carbons (Fsp3) is 0.765. The number of aromatic nitrogens is 1. The number of hydrogen-bond donors (Lipinski definition) is 3. The average molecular weight is 646 g/mol. The van der Waals surface area contributed by atoms with E-state index in [4.69, 9.17) is 4.74 Å². The largest absolute Gasteiger partial charge is 0.461 e. The number of ketones is 1. The Labute approximate surface area is 271 Å². The summed E-state index contributed by atoms with van der Waals surface area (Å²) in [5, 5.41) is 20.4. The smallest absolute Gasteiger partial charge is 0.316 e. The van der Waals surface area contributed by atoms with Crippen molar-refractivity contribution in [3.05, 3.63) is 23.7 Å². The molecule has 3 unspecified atom stereocenters. The third kappa shape index (κ3) is 6.42. The Balaban J connectivity index is 1.20. The molecule has 4 fully saturated rings. The van der Waals surface area contributed by atoms with Gasteiger partial charge in [0.2, 0.25) is 5.91 Å². The van der Waals surface area contributed by atoms with Crippen molar-refractivity contribution < 1.29 is 24.2 Å². The van der Waals surface area contributed by atoms with Gasteiger partial charge in [-0.2, -0.15) is 0 Å². The molecule has 10 heteroatoms. The molecule has 5 rings (SSSR count). The van der Waals surface area contributed by atoms with Crippen molar-refractivity contribution >= 4 is 45.9 Å². The zero-order valence-electron chi connectivity index (χ0n) is 26.9. The molecule has 1 heterocycles. The highest BCUT2D eigenvalue weighted by Crippen LogP contribution is 2.68. The summed E-state index contributed by atoms with van der Waals surface area (Å²) in [6.07, 6.45) is 10.2. The highest BCUT2D eigenvalue weighted by Gasteiger charge is 2.68. The van der Waals surface area contributed by atoms with Gasteiger partial charge in [-0.15, -0.1) is 29.7 Å². The van der Waals surface area contributed by atoms with Gasteiger partial charge < -0.3 is 20.5 Å². The number of amides is 1. The molecule has 8 nitrogen and oxygen atoms in total. The molecule has 4 aliphatic carbocycles. The minimum Gasteiger partial charge on any atom is -0.461 e. The fourth-order valence-corrected chi connectivity index (χ4v) is 10.6. The van der Waals surface area contributed by atoms with Crippen molar-refractivity contribution in [1.82, 2.24) is 10.3 Å². The third-order valence-electron chi connectivity index (χ3n) is 12.0. The molecule has 1 aromatic heterocycles. The van der Waals surface area contributed by atoms with E-state index in [1.807, 2.05) is 18.4 Å². The lowest BCUT2D eigenvalue weighted by Crippen LogP contribution is -2.63. The number of nitrogens with one attached hydrogen (secondary N) is 2. The van der Waals surface area contributed by atoms with Gasteiger partial charge in [-0.05, 0) is 55.8 Å². The Bertz CT molecular complexity index is 1230. The van der Waals surface area contributed by atoms with Crippen LogP contribution in [0, 0.1) is 34.0 Å². The predicted molar refractivity (Wildman–Crippen MR) is 176 cm³/mol. The quantitative estimate of drug-likeness (QED) is 0.205. The van der Waals surface area contributed by atoms with E-state index in [0.717, 1.165) is 37.8 Å². The second-order valence-corrected chi connectivity index (χ2v) is 16.3. The summed E-state index contributed by atoms with van der Waals surface area (Å²) in [6.45, 7) is 12.9. The van der Waals surface area contributed by atoms with E-state index in [2.05, 4.69) is 43.0 Å². The number of thioether (sulfide) groups is 1. The maximum Gasteiger partial charge on any atom is 0.316 e. The molecule has 4 aliphatic rings. The molecule has 1 amide bonds. The maximum absolute atomic E-state index is 13.6. The molecule has 8 atom stereocenters. The summed E-state index contributed by atoms with van der Waals surface area (Å²) in [7, 11) is 0. The number of esters is 1. The Morgan fingerprint density at radius 3 is 2.68 bits per heavy atom. The first-order valence-corrected chi connectivity index (χ1v) is 18.6. The number of aliphatic hydroxyl groups is 1. The predicted octanol–water partition coefficient (Wildman–Crippen LogP) is 6.14. The van der Waals surface area contributed by atoms with E-state index in [0.29, 0.717) is 29.8 Å². The van der Waals surface area contributed by atoms with E-state index in [1.165, 1.54) is 42.4 Å². The molecule has 2 bridgehead atoms. The van der Waals surface area contributed by atoms with Gasteiger partial charge in [0, 0.05) is 40.3 Å². The van der Waals surface area contributed by atoms with Crippen LogP contribution in [0.25, 0.3) is 0 Å². The first-order valence-electron chi connectivity index (χ1n) is 16.5. The first kappa shape index (κ1) is 33.6. The first-order chi connectivity index (χ1) is 20.9. The lowest BCUT2D eigenvalue weighted by atomic mass is 9.44. The van der Waals surface area contributed by atoms with E-state index < -0.39 is 23.0 Å². The summed E-state index contributed by atoms with van der Waals surface area (Å²) >= 11 is 2.82. The average Bonchev–Trinajstić information content (AvgIpc) is 3.61. The standard InChI is InChI=1S/C34H51N3O5S2/c1-6-32(4)16-26(33(5)21(2)12-14-34(22(3)30(32)41)15-13-25(38)29(33)34)42-28(40)20-43-18-24-19-44-31(36-24)37-27(39)17-35-23-10-8-7-9-11-23/h6,19,21-23,26,29-30,35,41H,1,7-18,20H2,2-5H3,(H,36,37,39)/t21?,22-,26+,29?,30-,32+,33-,34?/m0/s1. The number of rotatable bonds is 10. The van der Waals surface area contributed by atoms with Crippen LogP contribution in [0.4, 0.5) is 5.13 Å². The lowest BCUT2D eigenvalue weighted by Gasteiger charge is -2.61. The van der Waals surface area contributed by atoms with Gasteiger partial charge in [-0.3, -0.25) is 14.4 Å². The second kappa shape index (κ2) is 13.5. The van der Waals surface area contributed by atoms with Crippen LogP contribution >= 0.6 is 23.1 Å². The zero-order chi connectivity index (χ0) is 31.7. The van der Waals surface area contributed by atoms with E-state index >= 15 is 0 Å². The van der Waals surface area contributed by atoms with Crippen LogP contribution in [0.3, 0.4) is 0 Å². The summed E-state index contributed by atoms with van der Waals surface area (Å²) < 4.78 is 6.34. The number of thiazole rings is 1. The Morgan fingerprint density at radius 1 is 1.20 bits per heavy atom. The number of aliphatic hydroxyl groups excluding tert-OH is 1. The molecule has 244 valence electrons. The van der Waals surface area contributed by atoms with Crippen LogP contribution in [0.5, 0.6) is 0 Å². The van der Waals surface area contributed by atoms with Gasteiger partial charge in [0.1, 0.15) is 11.9 Å². The van der Waals surface area contributed by atoms with Gasteiger partial charge >= 0.3 is 5.97 Å². The number of carbonyl (C=O) groups excluding carboxylic acids is 3. The number of hydrogen-bond acceptors (Lipinski definition) is 9. The fourth-order valence-electron chi connectivity index (χ4n) is 9.07. The molecular weight excluding hydrogens is 595 g/mol. The lowest BCUT2D eigenvalue weighted by molar-refractivity contribution is -0.205. The van der Waals surface area contributed by atoms with Crippen LogP contribution in [0.2, 0.25) is 0 Å². The number of anilines is 1. The normalized spacial score (nSPS) is 37.5. The number of Topliss-reactive ketones (excluding diaryl/α,β-unsaturated/α-hetero) is 1. The molecular formula is C34H51N3O5S2. The Hall–Kier alpha value is -1.75. The second-order valence-electron chi connectivity index (χ2n) is 14.5. The molecule has 1 aromatic rings. The molecule has 4 saturated carbocycles. The van der Waals surface area contributed by atoms with Crippen LogP contribution in [0.15, 0.2) is 18.0 Å². The molecule has 0 saturated heterocycles. The maximum atomic E-state index is 13.6. The summed E-state index contributed by atoms with van der Waals surface area (Å²) in [4.78, 5) is 43.9. The van der Waals surface area contributed by atoms with Crippen molar-refractivity contribution in [2.24, 2.45) is 34.0 Å². The molecule has 0 aromatic carbocycles. The molecule has 44 heavy (non-hydrogen) atoms. The van der Waals surface area contributed by atoms with Gasteiger partial charge in [0.15, 0.2) is 5.13 Å². The van der Waals surface area contributed by atoms with E-state index in [9.17, 15) is 19.5 Å². The highest BCUT2D eigenvalue weighted by molar-refractivity contribution is 7.99. The SMILES string of the molecule is C=C[C@]1(C)C[C@@H](OC(=O)CSCc2csc(NC(=O)CNC3CCCCC3)n2)[C@]2(C)C(C)CCC3(CCC(=O)C32)[C@@H](C)[C@@H]1O. The monoisotopic (exact) mass is 645 g/mol. The van der Waals surface area contributed by atoms with E-state index in [1.54, 1.807) is 0 Å². The van der Waals surface area contributed by atoms with Crippen molar-refractivity contribution in [1.29, 1.82) is 0 Å². The minimum absolute atomic E-state index is 0.0538. The topological polar surface area (TPSA) is 118 Å². The minimum atomic E-state index is -0.677. The summed E-state index contributed by atoms with van der Waals surface area (Å²) in [5.74, 6) is 0.434. The zero-order valence-corrected chi connectivity index (χ0v) is 28.5. The van der Waals surface area contributed by atoms with Crippen LogP contribution in [0.1, 0.15) is 97.6 Å². The van der Waals surface area contributed by atoms with Crippen LogP contribution < -0.4 is 10.6 Å². The van der Waals surface area contributed by atoms with Gasteiger partial charge in [0.05, 0.1) is 24.1 Å². The Kier molecular flexibility index (Phi) is 10.3. The molecule has 0 aliphatic heterocycles. The van der Waals surface area contributed by atoms with Crippen molar-refractivity contribution in [3.8, 4) is 0 Å². The molecule has 3 N–H and O–H groups in total. The van der Waals surface area contributed by atoms with Crippen LogP contribution in [-0.2, 0) is 24.9 Å². The van der Waals surface area contributed by atoms with E-state index in [-0.39, 0.29) is 53.1 Å². The number of ether oxygens (including phenoxy) is 1. The third-order valence-corrected chi connectivity index (χ3v) is 13.7. The highest BCUT2D eigenvalue weighted by atomic mass is 32.2. The van der Waals surface area contributed by atoms with Crippen molar-refractivity contribution in [2.45, 2.75) is 116 Å². The van der Waals surface area contributed by atoms with Gasteiger partial charge in [-0.25, -0.2) is 4.98 Å². The molecule has 0 spiro atoms. The summed E-state index contributed by atoms with van der Waals surface area (Å²) in [6, 6.07) is 0.421. The number of carbonyl (C=O) groups is 3. The number of nitrogens with zero attached hydrogens (tertiary/aromatic N) is 1. The van der Waals surface area contributed by atoms with Crippen LogP contribution in [-0.4, -0.2) is 58.3 Å². The Morgan fingerprint density at radius 2 is 1.95 bits per heavy atom. The van der Waals surface area contributed by atoms with Gasteiger partial charge in [0.25, 0.3) is 0 Å². The summed E-state index contributed by atoms with van der Waals surface area (Å²) in [5.41, 5.74) is -0.642. The van der Waals surface area contributed by atoms with Crippen molar-refractivity contribution in [3.63, 3.8) is 0 Å². The van der Waals surface area contributed by atoms with Gasteiger partial charge in [-0.1, -0.05) is 53.0 Å². The molecule has 0 radical (unpaired) electrons. The van der Waals surface area contributed by atoms with Crippen molar-refractivity contribution in [2.75, 3.05) is 17.6 Å².